The van der Waals surface area contributed by atoms with E-state index in [9.17, 15) is 15.0 Å². The van der Waals surface area contributed by atoms with Crippen LogP contribution in [0.25, 0.3) is 0 Å². The third kappa shape index (κ3) is 1.65. The summed E-state index contributed by atoms with van der Waals surface area (Å²) < 4.78 is 5.21. The summed E-state index contributed by atoms with van der Waals surface area (Å²) in [5.41, 5.74) is 0.538. The smallest absolute Gasteiger partial charge is 0.255 e. The Morgan fingerprint density at radius 1 is 1.53 bits per heavy atom. The lowest BCUT2D eigenvalue weighted by atomic mass is 10.2. The van der Waals surface area contributed by atoms with E-state index in [1.54, 1.807) is 6.08 Å². The first-order valence-corrected chi connectivity index (χ1v) is 4.75. The second kappa shape index (κ2) is 3.90. The Morgan fingerprint density at radius 3 is 2.80 bits per heavy atom. The minimum Gasteiger partial charge on any atom is -0.392 e. The van der Waals surface area contributed by atoms with Crippen molar-refractivity contribution in [3.8, 4) is 0 Å². The fourth-order valence-corrected chi connectivity index (χ4v) is 1.86. The number of carbonyl (C=O) groups excluding carboxylic acids is 1. The minimum absolute atomic E-state index is 0.0165. The molecule has 0 aromatic carbocycles. The summed E-state index contributed by atoms with van der Waals surface area (Å²) in [4.78, 5) is 12.6. The summed E-state index contributed by atoms with van der Waals surface area (Å²) in [7, 11) is 0. The van der Waals surface area contributed by atoms with Crippen molar-refractivity contribution in [2.75, 3.05) is 13.2 Å². The molecule has 0 unspecified atom stereocenters. The molecule has 0 aliphatic carbocycles. The lowest BCUT2D eigenvalue weighted by Gasteiger charge is -2.28. The predicted octanol–water partition coefficient (Wildman–Crippen LogP) is -1.83. The van der Waals surface area contributed by atoms with Crippen LogP contribution < -0.4 is 0 Å². The predicted molar refractivity (Wildman–Crippen MR) is 48.4 cm³/mol. The van der Waals surface area contributed by atoms with E-state index in [1.165, 1.54) is 0 Å². The third-order valence-corrected chi connectivity index (χ3v) is 2.65. The van der Waals surface area contributed by atoms with E-state index >= 15 is 0 Å². The number of hydrogen-bond acceptors (Lipinski definition) is 5. The molecule has 0 bridgehead atoms. The molecule has 2 aliphatic heterocycles. The zero-order valence-corrected chi connectivity index (χ0v) is 8.04. The molecule has 0 spiro atoms. The van der Waals surface area contributed by atoms with Gasteiger partial charge in [0.1, 0.15) is 12.3 Å². The van der Waals surface area contributed by atoms with Gasteiger partial charge >= 0.3 is 0 Å². The Labute approximate surface area is 86.4 Å². The van der Waals surface area contributed by atoms with Crippen molar-refractivity contribution in [1.82, 2.24) is 4.90 Å². The number of aliphatic hydroxyl groups is 3. The molecule has 6 heteroatoms. The number of carbonyl (C=O) groups is 1. The second-order valence-electron chi connectivity index (χ2n) is 3.60. The van der Waals surface area contributed by atoms with Crippen molar-refractivity contribution < 1.29 is 24.9 Å². The molecule has 0 saturated carbocycles. The van der Waals surface area contributed by atoms with Gasteiger partial charge < -0.3 is 20.1 Å². The third-order valence-electron chi connectivity index (χ3n) is 2.65. The SMILES string of the molecule is O=C1[C@H](O)C[C@@H](O)N1[C@H]1OCC=C1CO. The van der Waals surface area contributed by atoms with Crippen LogP contribution in [0.1, 0.15) is 6.42 Å². The Balaban J connectivity index is 2.17. The molecule has 15 heavy (non-hydrogen) atoms. The van der Waals surface area contributed by atoms with Crippen molar-refractivity contribution in [3.05, 3.63) is 11.6 Å². The van der Waals surface area contributed by atoms with Crippen LogP contribution in [0.15, 0.2) is 11.6 Å². The molecule has 0 aromatic rings. The van der Waals surface area contributed by atoms with Gasteiger partial charge in [0.2, 0.25) is 0 Å². The number of nitrogens with zero attached hydrogens (tertiary/aromatic N) is 1. The van der Waals surface area contributed by atoms with Gasteiger partial charge in [-0.2, -0.15) is 0 Å². The molecule has 2 aliphatic rings. The van der Waals surface area contributed by atoms with Crippen LogP contribution >= 0.6 is 0 Å². The Hall–Kier alpha value is -0.950. The van der Waals surface area contributed by atoms with E-state index in [0.29, 0.717) is 12.2 Å². The number of likely N-dealkylation sites (tertiary alicyclic amines) is 1. The Kier molecular flexibility index (Phi) is 2.74. The summed E-state index contributed by atoms with van der Waals surface area (Å²) in [5, 5.41) is 27.8. The standard InChI is InChI=1S/C9H13NO5/c11-4-5-1-2-15-9(5)10-7(13)3-6(12)8(10)14/h1,6-7,9,11-13H,2-4H2/t6-,7-,9+/m1/s1. The van der Waals surface area contributed by atoms with E-state index in [-0.39, 0.29) is 13.0 Å². The normalized spacial score (nSPS) is 36.2. The molecule has 2 heterocycles. The highest BCUT2D eigenvalue weighted by Crippen LogP contribution is 2.27. The fraction of sp³-hybridized carbons (Fsp3) is 0.667. The molecule has 2 rings (SSSR count). The number of hydrogen-bond donors (Lipinski definition) is 3. The van der Waals surface area contributed by atoms with Crippen molar-refractivity contribution in [2.45, 2.75) is 25.0 Å². The van der Waals surface area contributed by atoms with E-state index in [0.717, 1.165) is 4.90 Å². The number of rotatable bonds is 2. The first kappa shape index (κ1) is 10.6. The van der Waals surface area contributed by atoms with Gasteiger partial charge in [0.15, 0.2) is 6.23 Å². The van der Waals surface area contributed by atoms with Gasteiger partial charge in [-0.15, -0.1) is 0 Å². The van der Waals surface area contributed by atoms with Gasteiger partial charge in [0.25, 0.3) is 5.91 Å². The number of aliphatic hydroxyl groups excluding tert-OH is 3. The molecule has 0 aromatic heterocycles. The maximum atomic E-state index is 11.5. The maximum Gasteiger partial charge on any atom is 0.255 e. The zero-order chi connectivity index (χ0) is 11.0. The second-order valence-corrected chi connectivity index (χ2v) is 3.60. The summed E-state index contributed by atoms with van der Waals surface area (Å²) in [5.74, 6) is -0.561. The minimum atomic E-state index is -1.18. The van der Waals surface area contributed by atoms with Crippen molar-refractivity contribution in [3.63, 3.8) is 0 Å². The van der Waals surface area contributed by atoms with Crippen LogP contribution in [0, 0.1) is 0 Å². The van der Waals surface area contributed by atoms with E-state index in [1.807, 2.05) is 0 Å². The lowest BCUT2D eigenvalue weighted by molar-refractivity contribution is -0.152. The highest BCUT2D eigenvalue weighted by atomic mass is 16.5. The molecule has 1 saturated heterocycles. The van der Waals surface area contributed by atoms with Crippen molar-refractivity contribution in [2.24, 2.45) is 0 Å². The molecule has 0 radical (unpaired) electrons. The fourth-order valence-electron chi connectivity index (χ4n) is 1.86. The zero-order valence-electron chi connectivity index (χ0n) is 8.04. The summed E-state index contributed by atoms with van der Waals surface area (Å²) in [6.45, 7) is 0.0738. The summed E-state index contributed by atoms with van der Waals surface area (Å²) >= 11 is 0. The van der Waals surface area contributed by atoms with E-state index in [4.69, 9.17) is 9.84 Å². The Bertz CT molecular complexity index is 303. The molecular weight excluding hydrogens is 202 g/mol. The van der Waals surface area contributed by atoms with Gasteiger partial charge in [0.05, 0.1) is 13.2 Å². The largest absolute Gasteiger partial charge is 0.392 e. The van der Waals surface area contributed by atoms with Gasteiger partial charge in [-0.25, -0.2) is 0 Å². The highest BCUT2D eigenvalue weighted by Gasteiger charge is 2.43. The molecule has 6 nitrogen and oxygen atoms in total. The monoisotopic (exact) mass is 215 g/mol. The lowest BCUT2D eigenvalue weighted by Crippen LogP contribution is -2.44. The number of ether oxygens (including phenoxy) is 1. The Morgan fingerprint density at radius 2 is 2.27 bits per heavy atom. The maximum absolute atomic E-state index is 11.5. The number of amides is 1. The van der Waals surface area contributed by atoms with Crippen LogP contribution in [0.5, 0.6) is 0 Å². The topological polar surface area (TPSA) is 90.2 Å². The molecule has 3 N–H and O–H groups in total. The molecule has 84 valence electrons. The molecular formula is C9H13NO5. The summed E-state index contributed by atoms with van der Waals surface area (Å²) in [6, 6.07) is 0. The van der Waals surface area contributed by atoms with Gasteiger partial charge in [-0.05, 0) is 0 Å². The average molecular weight is 215 g/mol. The van der Waals surface area contributed by atoms with Crippen molar-refractivity contribution in [1.29, 1.82) is 0 Å². The van der Waals surface area contributed by atoms with E-state index < -0.39 is 24.5 Å². The first-order chi connectivity index (χ1) is 7.15. The van der Waals surface area contributed by atoms with Crippen LogP contribution in [0.3, 0.4) is 0 Å². The van der Waals surface area contributed by atoms with Crippen LogP contribution in [-0.4, -0.2) is 57.9 Å². The van der Waals surface area contributed by atoms with E-state index in [2.05, 4.69) is 0 Å². The average Bonchev–Trinajstić information content (AvgIpc) is 2.73. The van der Waals surface area contributed by atoms with Crippen LogP contribution in [0.2, 0.25) is 0 Å². The quantitative estimate of drug-likeness (QED) is 0.471. The molecule has 3 atom stereocenters. The van der Waals surface area contributed by atoms with Crippen molar-refractivity contribution >= 4 is 5.91 Å². The first-order valence-electron chi connectivity index (χ1n) is 4.75. The van der Waals surface area contributed by atoms with Gasteiger partial charge in [-0.1, -0.05) is 6.08 Å². The molecule has 1 amide bonds. The summed E-state index contributed by atoms with van der Waals surface area (Å²) in [6.07, 6.45) is -1.32. The molecule has 1 fully saturated rings. The van der Waals surface area contributed by atoms with Gasteiger partial charge in [-0.3, -0.25) is 9.69 Å². The highest BCUT2D eigenvalue weighted by molar-refractivity contribution is 5.83. The van der Waals surface area contributed by atoms with Crippen LogP contribution in [0.4, 0.5) is 0 Å². The van der Waals surface area contributed by atoms with Crippen LogP contribution in [-0.2, 0) is 9.53 Å². The van der Waals surface area contributed by atoms with Gasteiger partial charge in [0, 0.05) is 12.0 Å².